The van der Waals surface area contributed by atoms with E-state index in [1.165, 1.54) is 0 Å². The molecular weight excluding hydrogens is 328 g/mol. The van der Waals surface area contributed by atoms with Crippen LogP contribution in [0.1, 0.15) is 11.1 Å². The van der Waals surface area contributed by atoms with Crippen LogP contribution >= 0.6 is 0 Å². The number of aryl methyl sites for hydroxylation is 1. The van der Waals surface area contributed by atoms with Crippen LogP contribution in [0.25, 0.3) is 0 Å². The molecule has 1 amide bonds. The van der Waals surface area contributed by atoms with Crippen LogP contribution in [0.4, 0.5) is 10.5 Å². The van der Waals surface area contributed by atoms with Crippen molar-refractivity contribution in [3.05, 3.63) is 59.7 Å². The van der Waals surface area contributed by atoms with E-state index in [0.717, 1.165) is 11.1 Å². The van der Waals surface area contributed by atoms with Gasteiger partial charge in [-0.3, -0.25) is 4.72 Å². The lowest BCUT2D eigenvalue weighted by molar-refractivity contribution is 0.177. The van der Waals surface area contributed by atoms with Crippen LogP contribution in [-0.4, -0.2) is 27.2 Å². The Morgan fingerprint density at radius 2 is 1.79 bits per heavy atom. The molecule has 1 unspecified atom stereocenters. The van der Waals surface area contributed by atoms with Crippen LogP contribution in [0.15, 0.2) is 53.4 Å². The topological polar surface area (TPSA) is 84.5 Å². The molecule has 0 saturated carbocycles. The molecule has 2 aromatic rings. The zero-order valence-electron chi connectivity index (χ0n) is 13.2. The van der Waals surface area contributed by atoms with Gasteiger partial charge in [0.1, 0.15) is 6.61 Å². The maximum atomic E-state index is 12.3. The second-order valence-electron chi connectivity index (χ2n) is 5.76. The van der Waals surface area contributed by atoms with E-state index in [4.69, 9.17) is 4.74 Å². The first-order chi connectivity index (χ1) is 11.4. The monoisotopic (exact) mass is 346 g/mol. The highest BCUT2D eigenvalue weighted by Crippen LogP contribution is 2.18. The van der Waals surface area contributed by atoms with Gasteiger partial charge < -0.3 is 10.1 Å². The van der Waals surface area contributed by atoms with E-state index in [0.29, 0.717) is 18.7 Å². The van der Waals surface area contributed by atoms with Crippen LogP contribution in [-0.2, 0) is 21.2 Å². The van der Waals surface area contributed by atoms with Gasteiger partial charge in [-0.25, -0.2) is 13.2 Å². The van der Waals surface area contributed by atoms with Crippen molar-refractivity contribution in [3.8, 4) is 0 Å². The summed E-state index contributed by atoms with van der Waals surface area (Å²) < 4.78 is 32.1. The third-order valence-corrected chi connectivity index (χ3v) is 5.15. The summed E-state index contributed by atoms with van der Waals surface area (Å²) in [4.78, 5) is 11.2. The van der Waals surface area contributed by atoms with Gasteiger partial charge in [0.25, 0.3) is 10.0 Å². The molecule has 1 aliphatic heterocycles. The fraction of sp³-hybridized carbons (Fsp3) is 0.235. The van der Waals surface area contributed by atoms with Crippen molar-refractivity contribution in [1.82, 2.24) is 5.32 Å². The summed E-state index contributed by atoms with van der Waals surface area (Å²) in [6.07, 6.45) is 0.235. The molecule has 2 N–H and O–H groups in total. The Hall–Kier alpha value is -2.54. The van der Waals surface area contributed by atoms with Gasteiger partial charge in [-0.15, -0.1) is 0 Å². The van der Waals surface area contributed by atoms with Gasteiger partial charge in [-0.05, 0) is 43.2 Å². The van der Waals surface area contributed by atoms with Gasteiger partial charge in [0.05, 0.1) is 10.9 Å². The molecule has 0 aliphatic carbocycles. The Morgan fingerprint density at radius 1 is 1.12 bits per heavy atom. The SMILES string of the molecule is Cc1ccc(S(=O)(=O)Nc2ccc(CC3COC(=O)N3)cc2)cc1. The summed E-state index contributed by atoms with van der Waals surface area (Å²) in [6, 6.07) is 13.7. The minimum Gasteiger partial charge on any atom is -0.447 e. The molecule has 1 fully saturated rings. The van der Waals surface area contributed by atoms with E-state index in [1.54, 1.807) is 36.4 Å². The van der Waals surface area contributed by atoms with Crippen LogP contribution in [0.5, 0.6) is 0 Å². The molecule has 0 bridgehead atoms. The first-order valence-electron chi connectivity index (χ1n) is 7.54. The number of ether oxygens (including phenoxy) is 1. The average molecular weight is 346 g/mol. The summed E-state index contributed by atoms with van der Waals surface area (Å²) in [7, 11) is -3.60. The fourth-order valence-corrected chi connectivity index (χ4v) is 3.52. The molecule has 2 aromatic carbocycles. The van der Waals surface area contributed by atoms with Gasteiger partial charge >= 0.3 is 6.09 Å². The Bertz CT molecular complexity index is 830. The van der Waals surface area contributed by atoms with Gasteiger partial charge in [0, 0.05) is 5.69 Å². The molecule has 0 radical (unpaired) electrons. The summed E-state index contributed by atoms with van der Waals surface area (Å²) >= 11 is 0. The zero-order chi connectivity index (χ0) is 17.2. The smallest absolute Gasteiger partial charge is 0.407 e. The number of alkyl carbamates (subject to hydrolysis) is 1. The van der Waals surface area contributed by atoms with Gasteiger partial charge in [0.15, 0.2) is 0 Å². The average Bonchev–Trinajstić information content (AvgIpc) is 2.94. The fourth-order valence-electron chi connectivity index (χ4n) is 2.46. The van der Waals surface area contributed by atoms with E-state index in [2.05, 4.69) is 10.0 Å². The van der Waals surface area contributed by atoms with E-state index >= 15 is 0 Å². The van der Waals surface area contributed by atoms with Crippen molar-refractivity contribution in [2.24, 2.45) is 0 Å². The zero-order valence-corrected chi connectivity index (χ0v) is 14.0. The van der Waals surface area contributed by atoms with E-state index in [9.17, 15) is 13.2 Å². The number of hydrogen-bond donors (Lipinski definition) is 2. The van der Waals surface area contributed by atoms with Crippen LogP contribution in [0.2, 0.25) is 0 Å². The van der Waals surface area contributed by atoms with Crippen molar-refractivity contribution >= 4 is 21.8 Å². The number of carbonyl (C=O) groups excluding carboxylic acids is 1. The first-order valence-corrected chi connectivity index (χ1v) is 9.02. The maximum Gasteiger partial charge on any atom is 0.407 e. The Kier molecular flexibility index (Phi) is 4.44. The maximum absolute atomic E-state index is 12.3. The molecular formula is C17H18N2O4S. The lowest BCUT2D eigenvalue weighted by atomic mass is 10.1. The van der Waals surface area contributed by atoms with Crippen molar-refractivity contribution in [2.75, 3.05) is 11.3 Å². The number of rotatable bonds is 5. The molecule has 6 nitrogen and oxygen atoms in total. The predicted molar refractivity (Wildman–Crippen MR) is 90.4 cm³/mol. The number of anilines is 1. The molecule has 0 aromatic heterocycles. The molecule has 7 heteroatoms. The minimum absolute atomic E-state index is 0.0485. The third kappa shape index (κ3) is 3.86. The number of sulfonamides is 1. The Labute approximate surface area is 140 Å². The molecule has 3 rings (SSSR count). The standard InChI is InChI=1S/C17H18N2O4S/c1-12-2-8-16(9-3-12)24(21,22)19-14-6-4-13(5-7-14)10-15-11-23-17(20)18-15/h2-9,15,19H,10-11H2,1H3,(H,18,20). The normalized spacial score (nSPS) is 17.2. The lowest BCUT2D eigenvalue weighted by Gasteiger charge is -2.10. The molecule has 1 heterocycles. The van der Waals surface area contributed by atoms with Gasteiger partial charge in [-0.1, -0.05) is 29.8 Å². The molecule has 1 saturated heterocycles. The van der Waals surface area contributed by atoms with E-state index in [-0.39, 0.29) is 10.9 Å². The summed E-state index contributed by atoms with van der Waals surface area (Å²) in [6.45, 7) is 2.25. The molecule has 24 heavy (non-hydrogen) atoms. The number of cyclic esters (lactones) is 1. The Morgan fingerprint density at radius 3 is 2.38 bits per heavy atom. The number of hydrogen-bond acceptors (Lipinski definition) is 4. The summed E-state index contributed by atoms with van der Waals surface area (Å²) in [5.41, 5.74) is 2.48. The van der Waals surface area contributed by atoms with E-state index < -0.39 is 16.1 Å². The lowest BCUT2D eigenvalue weighted by Crippen LogP contribution is -2.28. The van der Waals surface area contributed by atoms with Crippen LogP contribution < -0.4 is 10.0 Å². The number of amides is 1. The summed E-state index contributed by atoms with van der Waals surface area (Å²) in [5.74, 6) is 0. The molecule has 1 atom stereocenters. The third-order valence-electron chi connectivity index (χ3n) is 3.76. The first kappa shape index (κ1) is 16.3. The predicted octanol–water partition coefficient (Wildman–Crippen LogP) is 2.45. The summed E-state index contributed by atoms with van der Waals surface area (Å²) in [5, 5.41) is 2.71. The second-order valence-corrected chi connectivity index (χ2v) is 7.44. The van der Waals surface area contributed by atoms with Crippen molar-refractivity contribution in [1.29, 1.82) is 0 Å². The van der Waals surface area contributed by atoms with Crippen LogP contribution in [0, 0.1) is 6.92 Å². The van der Waals surface area contributed by atoms with Gasteiger partial charge in [-0.2, -0.15) is 0 Å². The molecule has 1 aliphatic rings. The highest BCUT2D eigenvalue weighted by atomic mass is 32.2. The highest BCUT2D eigenvalue weighted by molar-refractivity contribution is 7.92. The minimum atomic E-state index is -3.60. The number of nitrogens with one attached hydrogen (secondary N) is 2. The van der Waals surface area contributed by atoms with Crippen molar-refractivity contribution < 1.29 is 17.9 Å². The highest BCUT2D eigenvalue weighted by Gasteiger charge is 2.22. The van der Waals surface area contributed by atoms with E-state index in [1.807, 2.05) is 19.1 Å². The van der Waals surface area contributed by atoms with Crippen molar-refractivity contribution in [2.45, 2.75) is 24.3 Å². The molecule has 126 valence electrons. The largest absolute Gasteiger partial charge is 0.447 e. The second kappa shape index (κ2) is 6.52. The molecule has 0 spiro atoms. The number of benzene rings is 2. The Balaban J connectivity index is 1.67. The van der Waals surface area contributed by atoms with Crippen LogP contribution in [0.3, 0.4) is 0 Å². The number of carbonyl (C=O) groups is 1. The quantitative estimate of drug-likeness (QED) is 0.871. The van der Waals surface area contributed by atoms with Crippen molar-refractivity contribution in [3.63, 3.8) is 0 Å². The van der Waals surface area contributed by atoms with Gasteiger partial charge in [0.2, 0.25) is 0 Å².